The number of nitrogens with one attached hydrogen (secondary N) is 1. The predicted octanol–water partition coefficient (Wildman–Crippen LogP) is 6.09. The summed E-state index contributed by atoms with van der Waals surface area (Å²) in [5.74, 6) is -0.430. The van der Waals surface area contributed by atoms with Crippen molar-refractivity contribution in [2.75, 3.05) is 12.3 Å². The van der Waals surface area contributed by atoms with Crippen LogP contribution >= 0.6 is 35.0 Å². The van der Waals surface area contributed by atoms with Gasteiger partial charge in [0.1, 0.15) is 11.9 Å². The first kappa shape index (κ1) is 26.5. The number of hydrogen-bond acceptors (Lipinski definition) is 3. The maximum atomic E-state index is 14.0. The van der Waals surface area contributed by atoms with Gasteiger partial charge in [0.15, 0.2) is 0 Å². The molecule has 0 radical (unpaired) electrons. The Morgan fingerprint density at radius 3 is 2.47 bits per heavy atom. The Kier molecular flexibility index (Phi) is 11.4. The molecule has 0 aliphatic heterocycles. The Balaban J connectivity index is 2.15. The fourth-order valence-corrected chi connectivity index (χ4v) is 4.67. The molecule has 2 aromatic rings. The van der Waals surface area contributed by atoms with Crippen molar-refractivity contribution in [2.24, 2.45) is 0 Å². The van der Waals surface area contributed by atoms with Crippen LogP contribution in [0, 0.1) is 5.82 Å². The van der Waals surface area contributed by atoms with Gasteiger partial charge in [0.25, 0.3) is 0 Å². The smallest absolute Gasteiger partial charge is 0.242 e. The van der Waals surface area contributed by atoms with Gasteiger partial charge in [0.2, 0.25) is 11.8 Å². The zero-order valence-corrected chi connectivity index (χ0v) is 20.7. The predicted molar refractivity (Wildman–Crippen MR) is 132 cm³/mol. The lowest BCUT2D eigenvalue weighted by Crippen LogP contribution is -2.49. The van der Waals surface area contributed by atoms with Gasteiger partial charge in [-0.15, -0.1) is 11.8 Å². The molecule has 2 rings (SSSR count). The molecule has 2 aromatic carbocycles. The molecular formula is C24H29Cl2FN2O2S. The van der Waals surface area contributed by atoms with Crippen LogP contribution in [0.4, 0.5) is 4.39 Å². The van der Waals surface area contributed by atoms with Gasteiger partial charge in [-0.05, 0) is 36.6 Å². The highest BCUT2D eigenvalue weighted by Gasteiger charge is 2.28. The number of unbranched alkanes of at least 4 members (excludes halogenated alkanes) is 1. The summed E-state index contributed by atoms with van der Waals surface area (Å²) < 4.78 is 14.0. The highest BCUT2D eigenvalue weighted by atomic mass is 35.5. The third-order valence-electron chi connectivity index (χ3n) is 5.05. The van der Waals surface area contributed by atoms with Crippen molar-refractivity contribution < 1.29 is 14.0 Å². The van der Waals surface area contributed by atoms with Gasteiger partial charge in [-0.3, -0.25) is 9.59 Å². The number of carbonyl (C=O) groups excluding carboxylic acids is 2. The SMILES string of the molecule is CCCCNC(=O)C(CC)N(Cc1ccccc1Cl)C(=O)CSCc1c(F)cccc1Cl. The summed E-state index contributed by atoms with van der Waals surface area (Å²) in [6.45, 7) is 4.72. The van der Waals surface area contributed by atoms with Crippen LogP contribution < -0.4 is 5.32 Å². The molecule has 1 N–H and O–H groups in total. The molecule has 8 heteroatoms. The van der Waals surface area contributed by atoms with Crippen molar-refractivity contribution in [1.29, 1.82) is 0 Å². The molecule has 1 unspecified atom stereocenters. The summed E-state index contributed by atoms with van der Waals surface area (Å²) in [6.07, 6.45) is 2.31. The third-order valence-corrected chi connectivity index (χ3v) is 6.71. The number of amides is 2. The molecular weight excluding hydrogens is 470 g/mol. The molecule has 4 nitrogen and oxygen atoms in total. The maximum Gasteiger partial charge on any atom is 0.242 e. The van der Waals surface area contributed by atoms with E-state index in [-0.39, 0.29) is 29.9 Å². The van der Waals surface area contributed by atoms with E-state index in [1.165, 1.54) is 17.8 Å². The van der Waals surface area contributed by atoms with Gasteiger partial charge in [-0.25, -0.2) is 4.39 Å². The number of thioether (sulfide) groups is 1. The van der Waals surface area contributed by atoms with Gasteiger partial charge >= 0.3 is 0 Å². The van der Waals surface area contributed by atoms with Crippen molar-refractivity contribution >= 4 is 46.8 Å². The van der Waals surface area contributed by atoms with Crippen LogP contribution in [0.15, 0.2) is 42.5 Å². The van der Waals surface area contributed by atoms with Gasteiger partial charge in [0, 0.05) is 34.5 Å². The summed E-state index contributed by atoms with van der Waals surface area (Å²) in [6, 6.07) is 11.2. The van der Waals surface area contributed by atoms with Crippen molar-refractivity contribution in [3.8, 4) is 0 Å². The molecule has 174 valence electrons. The molecule has 0 saturated heterocycles. The average molecular weight is 499 g/mol. The van der Waals surface area contributed by atoms with Crippen LogP contribution in [0.5, 0.6) is 0 Å². The lowest BCUT2D eigenvalue weighted by atomic mass is 10.1. The second kappa shape index (κ2) is 13.7. The molecule has 1 atom stereocenters. The molecule has 0 aliphatic carbocycles. The third kappa shape index (κ3) is 7.68. The van der Waals surface area contributed by atoms with Crippen LogP contribution in [0.3, 0.4) is 0 Å². The summed E-state index contributed by atoms with van der Waals surface area (Å²) in [5, 5.41) is 3.80. The monoisotopic (exact) mass is 498 g/mol. The van der Waals surface area contributed by atoms with E-state index in [2.05, 4.69) is 12.2 Å². The Morgan fingerprint density at radius 1 is 1.09 bits per heavy atom. The van der Waals surface area contributed by atoms with E-state index in [1.807, 2.05) is 25.1 Å². The minimum absolute atomic E-state index is 0.0911. The summed E-state index contributed by atoms with van der Waals surface area (Å²) in [4.78, 5) is 27.6. The van der Waals surface area contributed by atoms with Crippen molar-refractivity contribution in [3.05, 3.63) is 69.5 Å². The van der Waals surface area contributed by atoms with E-state index in [0.717, 1.165) is 18.4 Å². The quantitative estimate of drug-likeness (QED) is 0.360. The number of nitrogens with zero attached hydrogens (tertiary/aromatic N) is 1. The van der Waals surface area contributed by atoms with Gasteiger partial charge in [0.05, 0.1) is 5.75 Å². The molecule has 0 aliphatic rings. The maximum absolute atomic E-state index is 14.0. The number of carbonyl (C=O) groups is 2. The minimum atomic E-state index is -0.617. The van der Waals surface area contributed by atoms with E-state index in [0.29, 0.717) is 28.6 Å². The first-order valence-electron chi connectivity index (χ1n) is 10.7. The highest BCUT2D eigenvalue weighted by molar-refractivity contribution is 7.99. The first-order chi connectivity index (χ1) is 15.4. The van der Waals surface area contributed by atoms with Gasteiger partial charge in [-0.2, -0.15) is 0 Å². The molecule has 0 aromatic heterocycles. The molecule has 32 heavy (non-hydrogen) atoms. The fraction of sp³-hybridized carbons (Fsp3) is 0.417. The molecule has 0 bridgehead atoms. The molecule has 0 spiro atoms. The number of rotatable bonds is 12. The summed E-state index contributed by atoms with van der Waals surface area (Å²) in [5.41, 5.74) is 1.14. The van der Waals surface area contributed by atoms with E-state index < -0.39 is 11.9 Å². The number of halogens is 3. The Morgan fingerprint density at radius 2 is 1.81 bits per heavy atom. The molecule has 0 heterocycles. The normalized spacial score (nSPS) is 11.8. The molecule has 2 amide bonds. The Hall–Kier alpha value is -1.76. The number of hydrogen-bond donors (Lipinski definition) is 1. The lowest BCUT2D eigenvalue weighted by Gasteiger charge is -2.31. The largest absolute Gasteiger partial charge is 0.354 e. The zero-order valence-electron chi connectivity index (χ0n) is 18.4. The molecule has 0 saturated carbocycles. The second-order valence-corrected chi connectivity index (χ2v) is 9.17. The lowest BCUT2D eigenvalue weighted by molar-refractivity contribution is -0.139. The number of benzene rings is 2. The molecule has 0 fully saturated rings. The highest BCUT2D eigenvalue weighted by Crippen LogP contribution is 2.25. The summed E-state index contributed by atoms with van der Waals surface area (Å²) in [7, 11) is 0. The van der Waals surface area contributed by atoms with Gasteiger partial charge < -0.3 is 10.2 Å². The standard InChI is InChI=1S/C24H29Cl2FN2O2S/c1-3-5-13-28-24(31)22(4-2)29(14-17-9-6-7-10-19(17)25)23(30)16-32-15-18-20(26)11-8-12-21(18)27/h6-12,22H,3-5,13-16H2,1-2H3,(H,28,31). The van der Waals surface area contributed by atoms with Crippen LogP contribution in [-0.4, -0.2) is 35.1 Å². The van der Waals surface area contributed by atoms with Crippen LogP contribution in [0.1, 0.15) is 44.2 Å². The fourth-order valence-electron chi connectivity index (χ4n) is 3.23. The van der Waals surface area contributed by atoms with E-state index in [9.17, 15) is 14.0 Å². The van der Waals surface area contributed by atoms with E-state index >= 15 is 0 Å². The minimum Gasteiger partial charge on any atom is -0.354 e. The van der Waals surface area contributed by atoms with Crippen LogP contribution in [-0.2, 0) is 21.9 Å². The average Bonchev–Trinajstić information content (AvgIpc) is 2.77. The van der Waals surface area contributed by atoms with Gasteiger partial charge in [-0.1, -0.05) is 67.7 Å². The first-order valence-corrected chi connectivity index (χ1v) is 12.6. The summed E-state index contributed by atoms with van der Waals surface area (Å²) >= 11 is 13.7. The van der Waals surface area contributed by atoms with Crippen molar-refractivity contribution in [1.82, 2.24) is 10.2 Å². The second-order valence-electron chi connectivity index (χ2n) is 7.37. The van der Waals surface area contributed by atoms with Crippen molar-refractivity contribution in [3.63, 3.8) is 0 Å². The zero-order chi connectivity index (χ0) is 23.5. The topological polar surface area (TPSA) is 49.4 Å². The Bertz CT molecular complexity index is 893. The van der Waals surface area contributed by atoms with E-state index in [1.54, 1.807) is 23.1 Å². The van der Waals surface area contributed by atoms with E-state index in [4.69, 9.17) is 23.2 Å². The van der Waals surface area contributed by atoms with Crippen molar-refractivity contribution in [2.45, 2.75) is 51.4 Å². The van der Waals surface area contributed by atoms with Crippen LogP contribution in [0.2, 0.25) is 10.0 Å². The van der Waals surface area contributed by atoms with Crippen LogP contribution in [0.25, 0.3) is 0 Å². The Labute approximate surface area is 203 Å².